The molecule has 20 heavy (non-hydrogen) atoms. The first-order valence-electron chi connectivity index (χ1n) is 6.34. The van der Waals surface area contributed by atoms with Gasteiger partial charge in [0.05, 0.1) is 13.2 Å². The normalized spacial score (nSPS) is 11.7. The third-order valence-electron chi connectivity index (χ3n) is 3.09. The highest BCUT2D eigenvalue weighted by atomic mass is 16.5. The number of phenolic OH excluding ortho intramolecular Hbond substituents is 1. The molecule has 1 amide bonds. The molecule has 4 heteroatoms. The highest BCUT2D eigenvalue weighted by Gasteiger charge is 2.13. The smallest absolute Gasteiger partial charge is 0.251 e. The standard InChI is InChI=1S/C16H17NO3/c1-11(12-6-4-3-5-7-12)17-16(19)13-8-9-15(20-2)14(18)10-13/h3-11,18H,1-2H3,(H,17,19). The lowest BCUT2D eigenvalue weighted by molar-refractivity contribution is 0.0939. The fourth-order valence-corrected chi connectivity index (χ4v) is 1.94. The quantitative estimate of drug-likeness (QED) is 0.899. The number of rotatable bonds is 4. The van der Waals surface area contributed by atoms with Gasteiger partial charge < -0.3 is 15.2 Å². The van der Waals surface area contributed by atoms with Crippen molar-refractivity contribution in [2.45, 2.75) is 13.0 Å². The first kappa shape index (κ1) is 13.9. The summed E-state index contributed by atoms with van der Waals surface area (Å²) in [4.78, 5) is 12.1. The van der Waals surface area contributed by atoms with Crippen molar-refractivity contribution in [3.63, 3.8) is 0 Å². The van der Waals surface area contributed by atoms with Crippen molar-refractivity contribution in [3.05, 3.63) is 59.7 Å². The number of hydrogen-bond donors (Lipinski definition) is 2. The molecule has 2 rings (SSSR count). The number of carbonyl (C=O) groups is 1. The van der Waals surface area contributed by atoms with Gasteiger partial charge in [-0.05, 0) is 30.7 Å². The van der Waals surface area contributed by atoms with Crippen LogP contribution in [0.1, 0.15) is 28.9 Å². The molecule has 0 aliphatic heterocycles. The maximum absolute atomic E-state index is 12.1. The molecule has 0 fully saturated rings. The number of amides is 1. The molecule has 2 aromatic rings. The SMILES string of the molecule is COc1ccc(C(=O)NC(C)c2ccccc2)cc1O. The summed E-state index contributed by atoms with van der Waals surface area (Å²) in [5.41, 5.74) is 1.42. The molecule has 104 valence electrons. The minimum atomic E-state index is -0.237. The first-order chi connectivity index (χ1) is 9.61. The Labute approximate surface area is 118 Å². The van der Waals surface area contributed by atoms with Crippen LogP contribution >= 0.6 is 0 Å². The summed E-state index contributed by atoms with van der Waals surface area (Å²) >= 11 is 0. The third-order valence-corrected chi connectivity index (χ3v) is 3.09. The van der Waals surface area contributed by atoms with Crippen LogP contribution < -0.4 is 10.1 Å². The molecular weight excluding hydrogens is 254 g/mol. The van der Waals surface area contributed by atoms with E-state index in [1.54, 1.807) is 12.1 Å². The van der Waals surface area contributed by atoms with Crippen molar-refractivity contribution in [3.8, 4) is 11.5 Å². The molecule has 4 nitrogen and oxygen atoms in total. The van der Waals surface area contributed by atoms with Gasteiger partial charge in [-0.1, -0.05) is 30.3 Å². The molecule has 0 aromatic heterocycles. The molecule has 0 aliphatic rings. The monoisotopic (exact) mass is 271 g/mol. The van der Waals surface area contributed by atoms with Gasteiger partial charge in [0.15, 0.2) is 11.5 Å². The second-order valence-corrected chi connectivity index (χ2v) is 4.49. The van der Waals surface area contributed by atoms with Crippen molar-refractivity contribution in [2.24, 2.45) is 0 Å². The Morgan fingerprint density at radius 3 is 2.50 bits per heavy atom. The van der Waals surface area contributed by atoms with E-state index in [2.05, 4.69) is 5.32 Å². The lowest BCUT2D eigenvalue weighted by Crippen LogP contribution is -2.26. The maximum atomic E-state index is 12.1. The Balaban J connectivity index is 2.10. The summed E-state index contributed by atoms with van der Waals surface area (Å²) in [6.07, 6.45) is 0. The van der Waals surface area contributed by atoms with E-state index in [9.17, 15) is 9.90 Å². The van der Waals surface area contributed by atoms with E-state index >= 15 is 0 Å². The van der Waals surface area contributed by atoms with Crippen molar-refractivity contribution in [1.29, 1.82) is 0 Å². The highest BCUT2D eigenvalue weighted by Crippen LogP contribution is 2.26. The third kappa shape index (κ3) is 3.09. The zero-order valence-electron chi connectivity index (χ0n) is 11.5. The summed E-state index contributed by atoms with van der Waals surface area (Å²) in [6.45, 7) is 1.91. The molecule has 1 unspecified atom stereocenters. The average molecular weight is 271 g/mol. The van der Waals surface area contributed by atoms with Crippen LogP contribution in [0, 0.1) is 0 Å². The minimum Gasteiger partial charge on any atom is -0.504 e. The van der Waals surface area contributed by atoms with E-state index in [1.165, 1.54) is 13.2 Å². The van der Waals surface area contributed by atoms with Gasteiger partial charge in [-0.15, -0.1) is 0 Å². The average Bonchev–Trinajstić information content (AvgIpc) is 2.48. The van der Waals surface area contributed by atoms with Crippen LogP contribution in [0.4, 0.5) is 0 Å². The highest BCUT2D eigenvalue weighted by molar-refractivity contribution is 5.95. The molecule has 0 saturated heterocycles. The van der Waals surface area contributed by atoms with Crippen molar-refractivity contribution in [1.82, 2.24) is 5.32 Å². The van der Waals surface area contributed by atoms with E-state index in [0.717, 1.165) is 5.56 Å². The first-order valence-corrected chi connectivity index (χ1v) is 6.34. The van der Waals surface area contributed by atoms with Crippen molar-refractivity contribution < 1.29 is 14.6 Å². The Bertz CT molecular complexity index is 596. The predicted molar refractivity (Wildman–Crippen MR) is 77.0 cm³/mol. The molecule has 2 N–H and O–H groups in total. The number of ether oxygens (including phenoxy) is 1. The van der Waals surface area contributed by atoms with E-state index in [1.807, 2.05) is 37.3 Å². The number of aromatic hydroxyl groups is 1. The molecule has 1 atom stereocenters. The van der Waals surface area contributed by atoms with Gasteiger partial charge in [-0.2, -0.15) is 0 Å². The van der Waals surface area contributed by atoms with Crippen molar-refractivity contribution in [2.75, 3.05) is 7.11 Å². The molecular formula is C16H17NO3. The molecule has 0 bridgehead atoms. The predicted octanol–water partition coefficient (Wildman–Crippen LogP) is 2.89. The fraction of sp³-hybridized carbons (Fsp3) is 0.188. The van der Waals surface area contributed by atoms with Crippen LogP contribution in [-0.4, -0.2) is 18.1 Å². The molecule has 0 spiro atoms. The van der Waals surface area contributed by atoms with E-state index in [-0.39, 0.29) is 17.7 Å². The van der Waals surface area contributed by atoms with Gasteiger partial charge >= 0.3 is 0 Å². The summed E-state index contributed by atoms with van der Waals surface area (Å²) < 4.78 is 4.95. The van der Waals surface area contributed by atoms with Crippen LogP contribution in [0.25, 0.3) is 0 Å². The van der Waals surface area contributed by atoms with Gasteiger partial charge in [-0.25, -0.2) is 0 Å². The van der Waals surface area contributed by atoms with E-state index < -0.39 is 0 Å². The maximum Gasteiger partial charge on any atom is 0.251 e. The van der Waals surface area contributed by atoms with Crippen molar-refractivity contribution >= 4 is 5.91 Å². The Kier molecular flexibility index (Phi) is 4.25. The second kappa shape index (κ2) is 6.10. The molecule has 2 aromatic carbocycles. The summed E-state index contributed by atoms with van der Waals surface area (Å²) in [6, 6.07) is 14.2. The zero-order chi connectivity index (χ0) is 14.5. The van der Waals surface area contributed by atoms with E-state index in [4.69, 9.17) is 4.74 Å². The van der Waals surface area contributed by atoms with Gasteiger partial charge in [0.2, 0.25) is 0 Å². The van der Waals surface area contributed by atoms with Gasteiger partial charge in [0, 0.05) is 5.56 Å². The van der Waals surface area contributed by atoms with Crippen LogP contribution in [0.15, 0.2) is 48.5 Å². The summed E-state index contributed by atoms with van der Waals surface area (Å²) in [5.74, 6) is 0.0597. The number of hydrogen-bond acceptors (Lipinski definition) is 3. The fourth-order valence-electron chi connectivity index (χ4n) is 1.94. The minimum absolute atomic E-state index is 0.0486. The lowest BCUT2D eigenvalue weighted by atomic mass is 10.1. The topological polar surface area (TPSA) is 58.6 Å². The van der Waals surface area contributed by atoms with Gasteiger partial charge in [0.25, 0.3) is 5.91 Å². The molecule has 0 heterocycles. The molecule has 0 saturated carbocycles. The van der Waals surface area contributed by atoms with Gasteiger partial charge in [-0.3, -0.25) is 4.79 Å². The molecule has 0 radical (unpaired) electrons. The lowest BCUT2D eigenvalue weighted by Gasteiger charge is -2.14. The van der Waals surface area contributed by atoms with Crippen LogP contribution in [0.5, 0.6) is 11.5 Å². The number of methoxy groups -OCH3 is 1. The second-order valence-electron chi connectivity index (χ2n) is 4.49. The number of nitrogens with one attached hydrogen (secondary N) is 1. The Morgan fingerprint density at radius 2 is 1.90 bits per heavy atom. The Morgan fingerprint density at radius 1 is 1.20 bits per heavy atom. The van der Waals surface area contributed by atoms with Gasteiger partial charge in [0.1, 0.15) is 0 Å². The number of phenols is 1. The van der Waals surface area contributed by atoms with Crippen LogP contribution in [-0.2, 0) is 0 Å². The van der Waals surface area contributed by atoms with Crippen LogP contribution in [0.2, 0.25) is 0 Å². The summed E-state index contributed by atoms with van der Waals surface area (Å²) in [5, 5.41) is 12.6. The number of benzene rings is 2. The molecule has 0 aliphatic carbocycles. The van der Waals surface area contributed by atoms with Crippen LogP contribution in [0.3, 0.4) is 0 Å². The Hall–Kier alpha value is -2.49. The zero-order valence-corrected chi connectivity index (χ0v) is 11.5. The number of carbonyl (C=O) groups excluding carboxylic acids is 1. The largest absolute Gasteiger partial charge is 0.504 e. The van der Waals surface area contributed by atoms with E-state index in [0.29, 0.717) is 11.3 Å². The summed E-state index contributed by atoms with van der Waals surface area (Å²) in [7, 11) is 1.46.